The molecule has 1 amide bonds. The van der Waals surface area contributed by atoms with Gasteiger partial charge in [-0.2, -0.15) is 5.10 Å². The maximum Gasteiger partial charge on any atom is 0.240 e. The SMILES string of the molecule is C[C@H](c1ccc(Cl)cc1Cl)n1ncc2ccc(N3CCN(C(=O)[C@H]4CCCN4)[C@H](CO)C3)cc21. The second kappa shape index (κ2) is 9.74. The predicted molar refractivity (Wildman–Crippen MR) is 136 cm³/mol. The maximum atomic E-state index is 13.0. The Labute approximate surface area is 209 Å². The van der Waals surface area contributed by atoms with Gasteiger partial charge in [0.25, 0.3) is 0 Å². The van der Waals surface area contributed by atoms with Crippen molar-refractivity contribution in [2.24, 2.45) is 0 Å². The summed E-state index contributed by atoms with van der Waals surface area (Å²) in [7, 11) is 0. The number of piperazine rings is 1. The number of nitrogens with zero attached hydrogens (tertiary/aromatic N) is 4. The molecule has 2 saturated heterocycles. The molecular formula is C25H29Cl2N5O2. The van der Waals surface area contributed by atoms with Crippen LogP contribution in [0.15, 0.2) is 42.6 Å². The van der Waals surface area contributed by atoms with Crippen LogP contribution >= 0.6 is 23.2 Å². The number of anilines is 1. The Bertz CT molecular complexity index is 1190. The average Bonchev–Trinajstić information content (AvgIpc) is 3.53. The molecule has 5 rings (SSSR count). The second-order valence-corrected chi connectivity index (χ2v) is 9.98. The molecule has 2 aliphatic heterocycles. The van der Waals surface area contributed by atoms with Gasteiger partial charge in [-0.15, -0.1) is 0 Å². The zero-order valence-corrected chi connectivity index (χ0v) is 20.6. The number of carbonyl (C=O) groups is 1. The van der Waals surface area contributed by atoms with E-state index in [1.54, 1.807) is 6.07 Å². The van der Waals surface area contributed by atoms with Gasteiger partial charge in [0, 0.05) is 40.8 Å². The number of aliphatic hydroxyl groups excluding tert-OH is 1. The molecule has 3 atom stereocenters. The van der Waals surface area contributed by atoms with Crippen LogP contribution in [0.3, 0.4) is 0 Å². The molecule has 2 aromatic carbocycles. The Morgan fingerprint density at radius 2 is 2.09 bits per heavy atom. The highest BCUT2D eigenvalue weighted by molar-refractivity contribution is 6.35. The number of halogens is 2. The highest BCUT2D eigenvalue weighted by Gasteiger charge is 2.35. The summed E-state index contributed by atoms with van der Waals surface area (Å²) < 4.78 is 1.98. The molecule has 34 heavy (non-hydrogen) atoms. The van der Waals surface area contributed by atoms with Crippen LogP contribution in [-0.4, -0.2) is 70.6 Å². The number of aromatic nitrogens is 2. The van der Waals surface area contributed by atoms with Crippen molar-refractivity contribution in [1.82, 2.24) is 20.0 Å². The Kier molecular flexibility index (Phi) is 6.71. The lowest BCUT2D eigenvalue weighted by Gasteiger charge is -2.42. The van der Waals surface area contributed by atoms with Gasteiger partial charge < -0.3 is 20.2 Å². The Hall–Kier alpha value is -2.32. The van der Waals surface area contributed by atoms with Crippen molar-refractivity contribution in [3.05, 3.63) is 58.2 Å². The molecule has 3 aromatic rings. The molecule has 2 fully saturated rings. The summed E-state index contributed by atoms with van der Waals surface area (Å²) in [4.78, 5) is 17.1. The van der Waals surface area contributed by atoms with Crippen LogP contribution in [0.2, 0.25) is 10.0 Å². The number of carbonyl (C=O) groups excluding carboxylic acids is 1. The van der Waals surface area contributed by atoms with Crippen LogP contribution < -0.4 is 10.2 Å². The molecule has 2 N–H and O–H groups in total. The molecule has 180 valence electrons. The van der Waals surface area contributed by atoms with Crippen LogP contribution in [0.5, 0.6) is 0 Å². The van der Waals surface area contributed by atoms with Crippen molar-refractivity contribution in [2.45, 2.75) is 37.9 Å². The Balaban J connectivity index is 1.39. The van der Waals surface area contributed by atoms with E-state index in [0.29, 0.717) is 29.7 Å². The van der Waals surface area contributed by atoms with Gasteiger partial charge in [0.05, 0.1) is 36.4 Å². The largest absolute Gasteiger partial charge is 0.394 e. The summed E-state index contributed by atoms with van der Waals surface area (Å²) in [5.74, 6) is 0.110. The molecule has 7 nitrogen and oxygen atoms in total. The maximum absolute atomic E-state index is 13.0. The van der Waals surface area contributed by atoms with Crippen LogP contribution in [0, 0.1) is 0 Å². The molecule has 0 aliphatic carbocycles. The van der Waals surface area contributed by atoms with Gasteiger partial charge in [0.2, 0.25) is 5.91 Å². The van der Waals surface area contributed by atoms with Crippen molar-refractivity contribution in [3.8, 4) is 0 Å². The van der Waals surface area contributed by atoms with E-state index in [-0.39, 0.29) is 30.6 Å². The van der Waals surface area contributed by atoms with Crippen molar-refractivity contribution >= 4 is 45.7 Å². The summed E-state index contributed by atoms with van der Waals surface area (Å²) in [6.45, 7) is 4.79. The first kappa shape index (κ1) is 23.4. The van der Waals surface area contributed by atoms with E-state index in [1.807, 2.05) is 27.9 Å². The lowest BCUT2D eigenvalue weighted by Crippen LogP contribution is -2.59. The van der Waals surface area contributed by atoms with Crippen molar-refractivity contribution in [2.75, 3.05) is 37.7 Å². The van der Waals surface area contributed by atoms with E-state index < -0.39 is 0 Å². The summed E-state index contributed by atoms with van der Waals surface area (Å²) in [5, 5.41) is 20.3. The summed E-state index contributed by atoms with van der Waals surface area (Å²) in [5.41, 5.74) is 3.01. The quantitative estimate of drug-likeness (QED) is 0.557. The number of amides is 1. The van der Waals surface area contributed by atoms with Crippen LogP contribution in [0.1, 0.15) is 31.4 Å². The summed E-state index contributed by atoms with van der Waals surface area (Å²) >= 11 is 12.6. The van der Waals surface area contributed by atoms with Crippen LogP contribution in [0.4, 0.5) is 5.69 Å². The zero-order valence-electron chi connectivity index (χ0n) is 19.1. The lowest BCUT2D eigenvalue weighted by atomic mass is 10.1. The van der Waals surface area contributed by atoms with E-state index in [0.717, 1.165) is 41.5 Å². The molecule has 3 heterocycles. The number of rotatable bonds is 5. The normalized spacial score (nSPS) is 21.9. The minimum Gasteiger partial charge on any atom is -0.394 e. The smallest absolute Gasteiger partial charge is 0.240 e. The van der Waals surface area contributed by atoms with Gasteiger partial charge in [-0.3, -0.25) is 9.48 Å². The summed E-state index contributed by atoms with van der Waals surface area (Å²) in [6, 6.07) is 11.4. The number of benzene rings is 2. The topological polar surface area (TPSA) is 73.6 Å². The number of nitrogens with one attached hydrogen (secondary N) is 1. The van der Waals surface area contributed by atoms with E-state index in [2.05, 4.69) is 40.4 Å². The minimum atomic E-state index is -0.226. The Morgan fingerprint density at radius 1 is 1.24 bits per heavy atom. The molecule has 0 bridgehead atoms. The third-order valence-electron chi connectivity index (χ3n) is 7.06. The van der Waals surface area contributed by atoms with Crippen molar-refractivity contribution in [3.63, 3.8) is 0 Å². The third-order valence-corrected chi connectivity index (χ3v) is 7.62. The van der Waals surface area contributed by atoms with Gasteiger partial charge in [-0.25, -0.2) is 0 Å². The molecule has 0 radical (unpaired) electrons. The third kappa shape index (κ3) is 4.38. The first-order chi connectivity index (χ1) is 16.5. The first-order valence-corrected chi connectivity index (χ1v) is 12.5. The molecule has 0 spiro atoms. The van der Waals surface area contributed by atoms with Gasteiger partial charge in [0.1, 0.15) is 0 Å². The first-order valence-electron chi connectivity index (χ1n) is 11.8. The lowest BCUT2D eigenvalue weighted by molar-refractivity contribution is -0.136. The van der Waals surface area contributed by atoms with E-state index in [1.165, 1.54) is 0 Å². The zero-order chi connectivity index (χ0) is 23.8. The number of aliphatic hydroxyl groups is 1. The number of hydrogen-bond donors (Lipinski definition) is 2. The van der Waals surface area contributed by atoms with E-state index in [4.69, 9.17) is 23.2 Å². The van der Waals surface area contributed by atoms with Crippen molar-refractivity contribution < 1.29 is 9.90 Å². The fourth-order valence-electron chi connectivity index (χ4n) is 5.14. The fraction of sp³-hybridized carbons (Fsp3) is 0.440. The molecule has 9 heteroatoms. The number of fused-ring (bicyclic) bond motifs is 1. The van der Waals surface area contributed by atoms with Gasteiger partial charge >= 0.3 is 0 Å². The second-order valence-electron chi connectivity index (χ2n) is 9.14. The Morgan fingerprint density at radius 3 is 2.82 bits per heavy atom. The molecular weight excluding hydrogens is 473 g/mol. The van der Waals surface area contributed by atoms with Crippen LogP contribution in [-0.2, 0) is 4.79 Å². The van der Waals surface area contributed by atoms with Crippen molar-refractivity contribution in [1.29, 1.82) is 0 Å². The standard InChI is InChI=1S/C25H29Cl2N5O2/c1-16(21-7-5-18(26)11-22(21)27)32-24-12-19(6-4-17(24)13-29-32)30-9-10-31(20(14-30)15-33)25(34)23-3-2-8-28-23/h4-7,11-13,16,20,23,28,33H,2-3,8-10,14-15H2,1H3/t16-,20+,23-/m1/s1. The van der Waals surface area contributed by atoms with Gasteiger partial charge in [0.15, 0.2) is 0 Å². The number of hydrogen-bond acceptors (Lipinski definition) is 5. The molecule has 0 saturated carbocycles. The van der Waals surface area contributed by atoms with Crippen LogP contribution in [0.25, 0.3) is 10.9 Å². The van der Waals surface area contributed by atoms with E-state index >= 15 is 0 Å². The predicted octanol–water partition coefficient (Wildman–Crippen LogP) is 3.71. The highest BCUT2D eigenvalue weighted by Crippen LogP contribution is 2.32. The molecule has 1 aromatic heterocycles. The molecule has 0 unspecified atom stereocenters. The minimum absolute atomic E-state index is 0.0543. The highest BCUT2D eigenvalue weighted by atomic mass is 35.5. The van der Waals surface area contributed by atoms with Gasteiger partial charge in [-0.1, -0.05) is 29.3 Å². The molecule has 2 aliphatic rings. The average molecular weight is 502 g/mol. The monoisotopic (exact) mass is 501 g/mol. The van der Waals surface area contributed by atoms with E-state index in [9.17, 15) is 9.90 Å². The fourth-order valence-corrected chi connectivity index (χ4v) is 5.70. The summed E-state index contributed by atoms with van der Waals surface area (Å²) in [6.07, 6.45) is 3.75. The van der Waals surface area contributed by atoms with Gasteiger partial charge in [-0.05, 0) is 62.2 Å².